The number of furan rings is 1. The zero-order valence-electron chi connectivity index (χ0n) is 29.8. The Balaban J connectivity index is 2.42. The molecule has 2 aromatic carbocycles. The molecule has 0 spiro atoms. The van der Waals surface area contributed by atoms with Gasteiger partial charge in [-0.15, -0.1) is 0 Å². The molecule has 29 heavy (non-hydrogen) atoms. The number of nitrogens with zero attached hydrogens (tertiary/aromatic N) is 2. The zero-order chi connectivity index (χ0) is 32.7. The van der Waals surface area contributed by atoms with Crippen LogP contribution in [0.3, 0.4) is 0 Å². The molecule has 0 aliphatic rings. The maximum atomic E-state index is 10.3. The van der Waals surface area contributed by atoms with Gasteiger partial charge in [-0.1, -0.05) is 39.5 Å². The Morgan fingerprint density at radius 3 is 2.55 bits per heavy atom. The maximum Gasteiger partial charge on any atom is 0.216 e. The topological polar surface area (TPSA) is 40.8 Å². The molecule has 3 nitrogen and oxygen atoms in total. The molecule has 0 saturated carbocycles. The van der Waals surface area contributed by atoms with Gasteiger partial charge in [-0.2, -0.15) is 5.26 Å². The molecule has 0 fully saturated rings. The Kier molecular flexibility index (Phi) is 2.12. The number of hydrogen-bond acceptors (Lipinski definition) is 2. The van der Waals surface area contributed by atoms with Crippen molar-refractivity contribution in [3.8, 4) is 17.3 Å². The summed E-state index contributed by atoms with van der Waals surface area (Å²) in [7, 11) is 1.76. The largest absolute Gasteiger partial charge is 0.455 e. The van der Waals surface area contributed by atoms with E-state index in [1.54, 1.807) is 55.1 Å². The van der Waals surface area contributed by atoms with Crippen molar-refractivity contribution in [2.45, 2.75) is 46.1 Å². The molecule has 0 N–H and O–H groups in total. The van der Waals surface area contributed by atoms with Crippen LogP contribution in [0.25, 0.3) is 33.2 Å². The lowest BCUT2D eigenvalue weighted by Gasteiger charge is -2.15. The first-order valence-corrected chi connectivity index (χ1v) is 8.84. The minimum absolute atomic E-state index is 0.0934. The smallest absolute Gasteiger partial charge is 0.216 e. The van der Waals surface area contributed by atoms with E-state index in [0.717, 1.165) is 6.07 Å². The van der Waals surface area contributed by atoms with E-state index in [-0.39, 0.29) is 16.4 Å². The molecule has 146 valence electrons. The van der Waals surface area contributed by atoms with E-state index >= 15 is 0 Å². The Bertz CT molecular complexity index is 1760. The number of rotatable bonds is 3. The third kappa shape index (κ3) is 2.91. The summed E-state index contributed by atoms with van der Waals surface area (Å²) in [5, 5.41) is 10.4. The van der Waals surface area contributed by atoms with Crippen LogP contribution in [0, 0.1) is 18.3 Å². The molecule has 2 heterocycles. The van der Waals surface area contributed by atoms with Crippen molar-refractivity contribution >= 4 is 21.9 Å². The van der Waals surface area contributed by atoms with Crippen LogP contribution in [0.1, 0.15) is 80.6 Å². The molecule has 0 atom stereocenters. The van der Waals surface area contributed by atoms with Crippen molar-refractivity contribution in [2.75, 3.05) is 0 Å². The molecule has 0 bridgehead atoms. The molecule has 4 rings (SSSR count). The molecule has 4 aromatic rings. The zero-order valence-corrected chi connectivity index (χ0v) is 15.8. The average Bonchev–Trinajstić information content (AvgIpc) is 3.22. The minimum Gasteiger partial charge on any atom is -0.455 e. The average molecular weight is 398 g/mol. The van der Waals surface area contributed by atoms with Crippen molar-refractivity contribution in [1.29, 1.82) is 5.26 Å². The lowest BCUT2D eigenvalue weighted by Crippen LogP contribution is -2.30. The number of hydrogen-bond donors (Lipinski definition) is 0. The molecular formula is C26H27N2O+. The van der Waals surface area contributed by atoms with E-state index in [2.05, 4.69) is 0 Å². The van der Waals surface area contributed by atoms with Crippen LogP contribution in [0.4, 0.5) is 0 Å². The third-order valence-electron chi connectivity index (χ3n) is 5.08. The second kappa shape index (κ2) is 7.04. The molecule has 0 amide bonds. The summed E-state index contributed by atoms with van der Waals surface area (Å²) in [6.07, 6.45) is 1.76. The molecule has 3 heteroatoms. The van der Waals surface area contributed by atoms with Gasteiger partial charge in [0.05, 0.1) is 17.2 Å². The number of fused-ring (bicyclic) bond motifs is 3. The highest BCUT2D eigenvalue weighted by atomic mass is 16.3. The highest BCUT2D eigenvalue weighted by Crippen LogP contribution is 2.42. The molecule has 0 saturated heterocycles. The van der Waals surface area contributed by atoms with Gasteiger partial charge in [-0.25, -0.2) is 4.57 Å². The SMILES string of the molecule is [2H]C([2H])([2H])C([2H])(c1cc2c(oc3c(-c4cccc[n+]4C)c(C)ccc32)c(C([2H])(C([2H])([2H])[2H])C([2H])([2H])[2H])c1C#N)C([2H])([2H])[2H]. The quantitative estimate of drug-likeness (QED) is 0.370. The van der Waals surface area contributed by atoms with E-state index in [1.165, 1.54) is 6.07 Å². The first-order valence-electron chi connectivity index (χ1n) is 15.8. The summed E-state index contributed by atoms with van der Waals surface area (Å²) in [5.74, 6) is -7.13. The number of pyridine rings is 1. The summed E-state index contributed by atoms with van der Waals surface area (Å²) < 4.78 is 123. The van der Waals surface area contributed by atoms with Crippen LogP contribution in [0.15, 0.2) is 47.0 Å². The van der Waals surface area contributed by atoms with Gasteiger partial charge >= 0.3 is 0 Å². The molecule has 2 aromatic heterocycles. The van der Waals surface area contributed by atoms with Crippen LogP contribution in [-0.2, 0) is 7.05 Å². The van der Waals surface area contributed by atoms with Gasteiger partial charge in [-0.05, 0) is 42.0 Å². The maximum absolute atomic E-state index is 10.3. The highest BCUT2D eigenvalue weighted by Gasteiger charge is 2.25. The molecule has 0 unspecified atom stereocenters. The van der Waals surface area contributed by atoms with Crippen LogP contribution < -0.4 is 4.57 Å². The standard InChI is InChI=1S/C26H27N2O/c1-15(2)19-13-20-18-11-10-17(5)24(22-9-7-8-12-28(22)6)25(18)29-26(20)23(16(3)4)21(19)14-27/h7-13,15-16H,1-6H3/q+1/i1D3,2D3,3D3,4D3,15D,16D. The van der Waals surface area contributed by atoms with E-state index in [9.17, 15) is 5.26 Å². The second-order valence-corrected chi connectivity index (χ2v) is 6.85. The van der Waals surface area contributed by atoms with Gasteiger partial charge < -0.3 is 4.42 Å². The van der Waals surface area contributed by atoms with Crippen molar-refractivity contribution in [3.63, 3.8) is 0 Å². The number of aryl methyl sites for hydroxylation is 2. The predicted molar refractivity (Wildman–Crippen MR) is 118 cm³/mol. The van der Waals surface area contributed by atoms with Crippen molar-refractivity contribution in [2.24, 2.45) is 7.05 Å². The second-order valence-electron chi connectivity index (χ2n) is 6.85. The number of benzene rings is 2. The normalized spacial score (nSPS) is 21.3. The number of aromatic nitrogens is 1. The highest BCUT2D eigenvalue weighted by molar-refractivity contribution is 6.11. The summed E-state index contributed by atoms with van der Waals surface area (Å²) in [6, 6.07) is 11.0. The summed E-state index contributed by atoms with van der Waals surface area (Å²) in [4.78, 5) is 0. The van der Waals surface area contributed by atoms with E-state index in [0.29, 0.717) is 16.8 Å². The molecule has 0 aliphatic carbocycles. The van der Waals surface area contributed by atoms with Crippen molar-refractivity contribution < 1.29 is 28.2 Å². The van der Waals surface area contributed by atoms with E-state index in [1.807, 2.05) is 0 Å². The predicted octanol–water partition coefficient (Wildman–Crippen LogP) is 6.50. The van der Waals surface area contributed by atoms with Gasteiger partial charge in [0.15, 0.2) is 6.20 Å². The Morgan fingerprint density at radius 1 is 1.07 bits per heavy atom. The summed E-state index contributed by atoms with van der Waals surface area (Å²) in [6.45, 7) is -12.8. The first kappa shape index (κ1) is 8.71. The Labute approximate surface area is 191 Å². The van der Waals surface area contributed by atoms with Gasteiger partial charge in [0.1, 0.15) is 18.2 Å². The third-order valence-corrected chi connectivity index (χ3v) is 5.08. The van der Waals surface area contributed by atoms with Gasteiger partial charge in [-0.3, -0.25) is 0 Å². The summed E-state index contributed by atoms with van der Waals surface area (Å²) in [5.41, 5.74) is -1.67. The first-order chi connectivity index (χ1) is 19.4. The van der Waals surface area contributed by atoms with Crippen molar-refractivity contribution in [1.82, 2.24) is 0 Å². The molecule has 0 radical (unpaired) electrons. The fourth-order valence-corrected chi connectivity index (χ4v) is 3.73. The van der Waals surface area contributed by atoms with Gasteiger partial charge in [0.25, 0.3) is 0 Å². The van der Waals surface area contributed by atoms with Gasteiger partial charge in [0, 0.05) is 47.7 Å². The monoisotopic (exact) mass is 397 g/mol. The van der Waals surface area contributed by atoms with Crippen LogP contribution in [0.2, 0.25) is 0 Å². The Hall–Kier alpha value is -3.12. The van der Waals surface area contributed by atoms with Gasteiger partial charge in [0.2, 0.25) is 5.69 Å². The fourth-order valence-electron chi connectivity index (χ4n) is 3.73. The lowest BCUT2D eigenvalue weighted by molar-refractivity contribution is -0.660. The Morgan fingerprint density at radius 2 is 1.86 bits per heavy atom. The lowest BCUT2D eigenvalue weighted by atomic mass is 9.87. The number of nitriles is 1. The van der Waals surface area contributed by atoms with E-state index in [4.69, 9.17) is 23.6 Å². The van der Waals surface area contributed by atoms with Crippen molar-refractivity contribution in [3.05, 3.63) is 64.8 Å². The molecular weight excluding hydrogens is 356 g/mol. The fraction of sp³-hybridized carbons (Fsp3) is 0.308. The minimum atomic E-state index is -3.66. The van der Waals surface area contributed by atoms with Crippen LogP contribution in [-0.4, -0.2) is 0 Å². The van der Waals surface area contributed by atoms with Crippen LogP contribution >= 0.6 is 0 Å². The molecule has 0 aliphatic heterocycles. The summed E-state index contributed by atoms with van der Waals surface area (Å²) >= 11 is 0. The van der Waals surface area contributed by atoms with Crippen LogP contribution in [0.5, 0.6) is 0 Å². The van der Waals surface area contributed by atoms with E-state index < -0.39 is 61.5 Å².